The predicted octanol–water partition coefficient (Wildman–Crippen LogP) is 2.21. The molecule has 0 spiro atoms. The number of imidazole rings is 1. The van der Waals surface area contributed by atoms with E-state index in [2.05, 4.69) is 15.6 Å². The summed E-state index contributed by atoms with van der Waals surface area (Å²) in [5.74, 6) is 1.91. The highest BCUT2D eigenvalue weighted by Gasteiger charge is 2.14. The molecule has 19 heavy (non-hydrogen) atoms. The molecule has 0 saturated carbocycles. The third-order valence-corrected chi connectivity index (χ3v) is 3.49. The summed E-state index contributed by atoms with van der Waals surface area (Å²) in [7, 11) is 3.72. The van der Waals surface area contributed by atoms with E-state index in [4.69, 9.17) is 10.5 Å². The topological polar surface area (TPSA) is 53.1 Å². The predicted molar refractivity (Wildman–Crippen MR) is 77.4 cm³/mol. The summed E-state index contributed by atoms with van der Waals surface area (Å²) < 4.78 is 7.41. The molecule has 0 amide bonds. The lowest BCUT2D eigenvalue weighted by atomic mass is 10.1. The van der Waals surface area contributed by atoms with Gasteiger partial charge in [0.25, 0.3) is 0 Å². The van der Waals surface area contributed by atoms with Crippen molar-refractivity contribution in [1.29, 1.82) is 0 Å². The average molecular weight is 259 g/mol. The Labute approximate surface area is 114 Å². The number of hydrogen-bond acceptors (Lipinski definition) is 3. The van der Waals surface area contributed by atoms with Gasteiger partial charge >= 0.3 is 0 Å². The molecule has 0 fully saturated rings. The number of rotatable bonds is 4. The van der Waals surface area contributed by atoms with Crippen LogP contribution < -0.4 is 10.5 Å². The third kappa shape index (κ3) is 2.49. The zero-order chi connectivity index (χ0) is 14.0. The first-order valence-corrected chi connectivity index (χ1v) is 6.45. The van der Waals surface area contributed by atoms with Gasteiger partial charge in [-0.2, -0.15) is 0 Å². The van der Waals surface area contributed by atoms with Crippen LogP contribution >= 0.6 is 0 Å². The molecule has 1 heterocycles. The highest BCUT2D eigenvalue weighted by atomic mass is 16.5. The zero-order valence-electron chi connectivity index (χ0n) is 12.0. The van der Waals surface area contributed by atoms with E-state index in [0.29, 0.717) is 6.54 Å². The number of aromatic nitrogens is 2. The first-order valence-electron chi connectivity index (χ1n) is 6.45. The molecule has 0 aliphatic heterocycles. The standard InChI is InChI=1S/C15H21N3O/c1-10-9-12(5-6-14(10)19-4)15-13(7-8-16)18(3)11(2)17-15/h5-6,9H,7-8,16H2,1-4H3. The Kier molecular flexibility index (Phi) is 3.90. The molecule has 2 aromatic rings. The quantitative estimate of drug-likeness (QED) is 0.916. The van der Waals surface area contributed by atoms with Crippen LogP contribution in [0.5, 0.6) is 5.75 Å². The molecule has 0 saturated heterocycles. The van der Waals surface area contributed by atoms with Crippen molar-refractivity contribution in [1.82, 2.24) is 9.55 Å². The van der Waals surface area contributed by atoms with E-state index in [1.165, 1.54) is 5.69 Å². The van der Waals surface area contributed by atoms with Crippen LogP contribution in [0.3, 0.4) is 0 Å². The van der Waals surface area contributed by atoms with Crippen molar-refractivity contribution in [3.05, 3.63) is 35.3 Å². The monoisotopic (exact) mass is 259 g/mol. The zero-order valence-corrected chi connectivity index (χ0v) is 12.0. The maximum absolute atomic E-state index is 5.70. The molecule has 0 atom stereocenters. The van der Waals surface area contributed by atoms with Crippen molar-refractivity contribution < 1.29 is 4.74 Å². The molecular formula is C15H21N3O. The second-order valence-corrected chi connectivity index (χ2v) is 4.74. The highest BCUT2D eigenvalue weighted by Crippen LogP contribution is 2.28. The normalized spacial score (nSPS) is 10.8. The van der Waals surface area contributed by atoms with Gasteiger partial charge in [0.1, 0.15) is 11.6 Å². The molecule has 1 aromatic heterocycles. The van der Waals surface area contributed by atoms with Gasteiger partial charge in [-0.3, -0.25) is 0 Å². The van der Waals surface area contributed by atoms with Crippen molar-refractivity contribution in [3.63, 3.8) is 0 Å². The molecule has 0 aliphatic rings. The number of nitrogens with two attached hydrogens (primary N) is 1. The van der Waals surface area contributed by atoms with E-state index in [1.807, 2.05) is 33.0 Å². The summed E-state index contributed by atoms with van der Waals surface area (Å²) in [6.07, 6.45) is 0.831. The summed E-state index contributed by atoms with van der Waals surface area (Å²) in [5, 5.41) is 0. The number of benzene rings is 1. The molecule has 0 aliphatic carbocycles. The van der Waals surface area contributed by atoms with E-state index in [0.717, 1.165) is 34.8 Å². The second kappa shape index (κ2) is 5.45. The van der Waals surface area contributed by atoms with E-state index in [1.54, 1.807) is 7.11 Å². The van der Waals surface area contributed by atoms with Crippen molar-refractivity contribution in [2.24, 2.45) is 12.8 Å². The molecule has 2 rings (SSSR count). The van der Waals surface area contributed by atoms with E-state index < -0.39 is 0 Å². The van der Waals surface area contributed by atoms with Crippen LogP contribution in [-0.2, 0) is 13.5 Å². The maximum Gasteiger partial charge on any atom is 0.121 e. The summed E-state index contributed by atoms with van der Waals surface area (Å²) in [6, 6.07) is 6.15. The fourth-order valence-corrected chi connectivity index (χ4v) is 2.34. The molecule has 0 unspecified atom stereocenters. The molecule has 4 heteroatoms. The van der Waals surface area contributed by atoms with E-state index in [9.17, 15) is 0 Å². The highest BCUT2D eigenvalue weighted by molar-refractivity contribution is 5.65. The maximum atomic E-state index is 5.70. The van der Waals surface area contributed by atoms with Crippen LogP contribution in [0.4, 0.5) is 0 Å². The van der Waals surface area contributed by atoms with Gasteiger partial charge in [0.15, 0.2) is 0 Å². The summed E-state index contributed by atoms with van der Waals surface area (Å²) in [6.45, 7) is 4.68. The van der Waals surface area contributed by atoms with Gasteiger partial charge in [0, 0.05) is 24.7 Å². The van der Waals surface area contributed by atoms with Gasteiger partial charge < -0.3 is 15.0 Å². The second-order valence-electron chi connectivity index (χ2n) is 4.74. The lowest BCUT2D eigenvalue weighted by Gasteiger charge is -2.08. The van der Waals surface area contributed by atoms with Gasteiger partial charge in [-0.25, -0.2) is 4.98 Å². The van der Waals surface area contributed by atoms with Crippen LogP contribution in [0.2, 0.25) is 0 Å². The largest absolute Gasteiger partial charge is 0.496 e. The number of hydrogen-bond donors (Lipinski definition) is 1. The molecule has 102 valence electrons. The minimum atomic E-state index is 0.626. The van der Waals surface area contributed by atoms with Crippen LogP contribution in [-0.4, -0.2) is 23.2 Å². The number of aryl methyl sites for hydroxylation is 2. The smallest absolute Gasteiger partial charge is 0.121 e. The lowest BCUT2D eigenvalue weighted by molar-refractivity contribution is 0.412. The fraction of sp³-hybridized carbons (Fsp3) is 0.400. The third-order valence-electron chi connectivity index (χ3n) is 3.49. The average Bonchev–Trinajstić information content (AvgIpc) is 2.67. The Hall–Kier alpha value is -1.81. The summed E-state index contributed by atoms with van der Waals surface area (Å²) in [5.41, 5.74) is 10.1. The van der Waals surface area contributed by atoms with Crippen LogP contribution in [0.15, 0.2) is 18.2 Å². The van der Waals surface area contributed by atoms with E-state index in [-0.39, 0.29) is 0 Å². The first-order chi connectivity index (χ1) is 9.08. The molecular weight excluding hydrogens is 238 g/mol. The Balaban J connectivity index is 2.52. The molecule has 0 bridgehead atoms. The number of methoxy groups -OCH3 is 1. The van der Waals surface area contributed by atoms with Crippen molar-refractivity contribution in [3.8, 4) is 17.0 Å². The number of nitrogens with zero attached hydrogens (tertiary/aromatic N) is 2. The van der Waals surface area contributed by atoms with Crippen LogP contribution in [0.1, 0.15) is 17.1 Å². The van der Waals surface area contributed by atoms with Crippen LogP contribution in [0, 0.1) is 13.8 Å². The molecule has 4 nitrogen and oxygen atoms in total. The minimum Gasteiger partial charge on any atom is -0.496 e. The van der Waals surface area contributed by atoms with Crippen molar-refractivity contribution in [2.75, 3.05) is 13.7 Å². The molecule has 2 N–H and O–H groups in total. The van der Waals surface area contributed by atoms with Gasteiger partial charge in [0.2, 0.25) is 0 Å². The Bertz CT molecular complexity index is 587. The number of ether oxygens (including phenoxy) is 1. The van der Waals surface area contributed by atoms with Gasteiger partial charge in [0.05, 0.1) is 12.8 Å². The fourth-order valence-electron chi connectivity index (χ4n) is 2.34. The summed E-state index contributed by atoms with van der Waals surface area (Å²) in [4.78, 5) is 4.66. The Morgan fingerprint density at radius 2 is 2.05 bits per heavy atom. The van der Waals surface area contributed by atoms with Crippen LogP contribution in [0.25, 0.3) is 11.3 Å². The van der Waals surface area contributed by atoms with Crippen molar-refractivity contribution >= 4 is 0 Å². The molecule has 0 radical (unpaired) electrons. The minimum absolute atomic E-state index is 0.626. The Morgan fingerprint density at radius 1 is 1.32 bits per heavy atom. The van der Waals surface area contributed by atoms with Gasteiger partial charge in [-0.15, -0.1) is 0 Å². The van der Waals surface area contributed by atoms with Crippen molar-refractivity contribution in [2.45, 2.75) is 20.3 Å². The SMILES string of the molecule is COc1ccc(-c2nc(C)n(C)c2CCN)cc1C. The lowest BCUT2D eigenvalue weighted by Crippen LogP contribution is -2.08. The summed E-state index contributed by atoms with van der Waals surface area (Å²) >= 11 is 0. The van der Waals surface area contributed by atoms with E-state index >= 15 is 0 Å². The molecule has 1 aromatic carbocycles. The first kappa shape index (κ1) is 13.6. The van der Waals surface area contributed by atoms with Gasteiger partial charge in [-0.1, -0.05) is 0 Å². The Morgan fingerprint density at radius 3 is 2.63 bits per heavy atom. The van der Waals surface area contributed by atoms with Gasteiger partial charge in [-0.05, 0) is 44.2 Å².